The van der Waals surface area contributed by atoms with E-state index in [1.165, 1.54) is 16.9 Å². The number of anilines is 2. The first-order chi connectivity index (χ1) is 6.22. The summed E-state index contributed by atoms with van der Waals surface area (Å²) in [5, 5.41) is 4.08. The summed E-state index contributed by atoms with van der Waals surface area (Å²) >= 11 is 0. The molecule has 0 radical (unpaired) electrons. The molecule has 0 bridgehead atoms. The molecule has 0 saturated carbocycles. The summed E-state index contributed by atoms with van der Waals surface area (Å²) < 4.78 is 0. The van der Waals surface area contributed by atoms with Crippen molar-refractivity contribution in [1.29, 1.82) is 0 Å². The lowest BCUT2D eigenvalue weighted by Gasteiger charge is -2.20. The van der Waals surface area contributed by atoms with Crippen LogP contribution in [0.15, 0.2) is 18.2 Å². The van der Waals surface area contributed by atoms with Gasteiger partial charge in [0.05, 0.1) is 11.4 Å². The summed E-state index contributed by atoms with van der Waals surface area (Å²) in [6, 6.07) is 6.53. The van der Waals surface area contributed by atoms with Crippen molar-refractivity contribution in [2.24, 2.45) is 0 Å². The van der Waals surface area contributed by atoms with Gasteiger partial charge in [-0.05, 0) is 24.1 Å². The van der Waals surface area contributed by atoms with Crippen molar-refractivity contribution in [3.05, 3.63) is 23.8 Å². The van der Waals surface area contributed by atoms with Crippen LogP contribution in [0.25, 0.3) is 0 Å². The standard InChI is InChI=1S/C10H15N3/c1-4-8-5-6-9-10(7-8)12(2)13(3)11-9/h5-7,11H,4H2,1-3H3. The number of hydrogen-bond donors (Lipinski definition) is 1. The Bertz CT molecular complexity index is 322. The topological polar surface area (TPSA) is 18.5 Å². The van der Waals surface area contributed by atoms with Gasteiger partial charge in [0.1, 0.15) is 0 Å². The first kappa shape index (κ1) is 8.38. The van der Waals surface area contributed by atoms with Crippen LogP contribution < -0.4 is 10.4 Å². The third-order valence-corrected chi connectivity index (χ3v) is 2.55. The highest BCUT2D eigenvalue weighted by atomic mass is 15.8. The molecule has 1 N–H and O–H groups in total. The van der Waals surface area contributed by atoms with Crippen LogP contribution >= 0.6 is 0 Å². The van der Waals surface area contributed by atoms with Crippen LogP contribution in [0.3, 0.4) is 0 Å². The molecular formula is C10H15N3. The van der Waals surface area contributed by atoms with Crippen molar-refractivity contribution in [3.8, 4) is 0 Å². The molecule has 1 aliphatic rings. The molecule has 1 aromatic rings. The summed E-state index contributed by atoms with van der Waals surface area (Å²) in [5.41, 5.74) is 7.07. The molecule has 0 saturated heterocycles. The molecule has 1 aliphatic heterocycles. The molecule has 1 heterocycles. The Kier molecular flexibility index (Phi) is 1.88. The maximum atomic E-state index is 3.26. The summed E-state index contributed by atoms with van der Waals surface area (Å²) in [6.45, 7) is 2.17. The molecule has 3 nitrogen and oxygen atoms in total. The Balaban J connectivity index is 2.42. The number of rotatable bonds is 1. The van der Waals surface area contributed by atoms with Gasteiger partial charge in [-0.25, -0.2) is 0 Å². The molecular weight excluding hydrogens is 162 g/mol. The summed E-state index contributed by atoms with van der Waals surface area (Å²) in [4.78, 5) is 0. The fourth-order valence-corrected chi connectivity index (χ4v) is 1.57. The lowest BCUT2D eigenvalue weighted by molar-refractivity contribution is 0.412. The van der Waals surface area contributed by atoms with Crippen LogP contribution in [0, 0.1) is 0 Å². The summed E-state index contributed by atoms with van der Waals surface area (Å²) in [7, 11) is 4.06. The first-order valence-corrected chi connectivity index (χ1v) is 4.59. The van der Waals surface area contributed by atoms with Crippen molar-refractivity contribution in [1.82, 2.24) is 5.12 Å². The fourth-order valence-electron chi connectivity index (χ4n) is 1.57. The number of hydrogen-bond acceptors (Lipinski definition) is 3. The summed E-state index contributed by atoms with van der Waals surface area (Å²) in [6.07, 6.45) is 1.09. The van der Waals surface area contributed by atoms with Gasteiger partial charge in [0.2, 0.25) is 0 Å². The van der Waals surface area contributed by atoms with Crippen molar-refractivity contribution in [2.75, 3.05) is 24.5 Å². The largest absolute Gasteiger partial charge is 0.299 e. The maximum Gasteiger partial charge on any atom is 0.0784 e. The van der Waals surface area contributed by atoms with Crippen LogP contribution in [0.5, 0.6) is 0 Å². The zero-order valence-corrected chi connectivity index (χ0v) is 8.33. The quantitative estimate of drug-likeness (QED) is 0.706. The molecule has 0 spiro atoms. The molecule has 0 aliphatic carbocycles. The highest BCUT2D eigenvalue weighted by Gasteiger charge is 2.19. The van der Waals surface area contributed by atoms with Gasteiger partial charge in [0.25, 0.3) is 0 Å². The maximum absolute atomic E-state index is 3.26. The predicted molar refractivity (Wildman–Crippen MR) is 55.6 cm³/mol. The van der Waals surface area contributed by atoms with E-state index in [0.717, 1.165) is 6.42 Å². The minimum atomic E-state index is 1.09. The van der Waals surface area contributed by atoms with Crippen LogP contribution in [0.2, 0.25) is 0 Å². The average molecular weight is 177 g/mol. The Morgan fingerprint density at radius 2 is 2.08 bits per heavy atom. The van der Waals surface area contributed by atoms with E-state index in [1.54, 1.807) is 0 Å². The van der Waals surface area contributed by atoms with Gasteiger partial charge in [-0.1, -0.05) is 13.0 Å². The molecule has 2 rings (SSSR count). The Morgan fingerprint density at radius 3 is 2.77 bits per heavy atom. The molecule has 0 fully saturated rings. The molecule has 0 atom stereocenters. The average Bonchev–Trinajstić information content (AvgIpc) is 2.43. The van der Waals surface area contributed by atoms with E-state index in [0.29, 0.717) is 0 Å². The molecule has 1 aromatic carbocycles. The van der Waals surface area contributed by atoms with Crippen molar-refractivity contribution >= 4 is 11.4 Å². The van der Waals surface area contributed by atoms with Crippen LogP contribution in [-0.2, 0) is 6.42 Å². The monoisotopic (exact) mass is 177 g/mol. The number of nitrogens with one attached hydrogen (secondary N) is 1. The molecule has 0 unspecified atom stereocenters. The van der Waals surface area contributed by atoms with E-state index >= 15 is 0 Å². The number of nitrogens with zero attached hydrogens (tertiary/aromatic N) is 2. The molecule has 70 valence electrons. The normalized spacial score (nSPS) is 15.8. The minimum absolute atomic E-state index is 1.09. The third kappa shape index (κ3) is 1.25. The number of hydrazine groups is 2. The summed E-state index contributed by atoms with van der Waals surface area (Å²) in [5.74, 6) is 0. The van der Waals surface area contributed by atoms with E-state index < -0.39 is 0 Å². The number of benzene rings is 1. The second-order valence-electron chi connectivity index (χ2n) is 3.36. The van der Waals surface area contributed by atoms with Crippen LogP contribution in [-0.4, -0.2) is 19.2 Å². The third-order valence-electron chi connectivity index (χ3n) is 2.55. The van der Waals surface area contributed by atoms with E-state index in [1.807, 2.05) is 12.2 Å². The second kappa shape index (κ2) is 2.92. The van der Waals surface area contributed by atoms with Crippen molar-refractivity contribution < 1.29 is 0 Å². The lowest BCUT2D eigenvalue weighted by atomic mass is 10.1. The van der Waals surface area contributed by atoms with Gasteiger partial charge in [-0.3, -0.25) is 10.4 Å². The first-order valence-electron chi connectivity index (χ1n) is 4.59. The van der Waals surface area contributed by atoms with Gasteiger partial charge >= 0.3 is 0 Å². The number of fused-ring (bicyclic) bond motifs is 1. The molecule has 13 heavy (non-hydrogen) atoms. The lowest BCUT2D eigenvalue weighted by Crippen LogP contribution is -2.34. The zero-order valence-electron chi connectivity index (χ0n) is 8.33. The highest BCUT2D eigenvalue weighted by molar-refractivity contribution is 5.73. The highest BCUT2D eigenvalue weighted by Crippen LogP contribution is 2.32. The zero-order chi connectivity index (χ0) is 9.42. The van der Waals surface area contributed by atoms with Gasteiger partial charge in [-0.15, -0.1) is 5.12 Å². The van der Waals surface area contributed by atoms with E-state index in [2.05, 4.69) is 42.6 Å². The minimum Gasteiger partial charge on any atom is -0.299 e. The van der Waals surface area contributed by atoms with E-state index in [9.17, 15) is 0 Å². The van der Waals surface area contributed by atoms with Gasteiger partial charge in [0.15, 0.2) is 0 Å². The van der Waals surface area contributed by atoms with E-state index in [-0.39, 0.29) is 0 Å². The SMILES string of the molecule is CCc1ccc2c(c1)N(C)N(C)N2. The van der Waals surface area contributed by atoms with Gasteiger partial charge in [-0.2, -0.15) is 0 Å². The second-order valence-corrected chi connectivity index (χ2v) is 3.36. The van der Waals surface area contributed by atoms with Gasteiger partial charge < -0.3 is 0 Å². The fraction of sp³-hybridized carbons (Fsp3) is 0.400. The Morgan fingerprint density at radius 1 is 1.31 bits per heavy atom. The van der Waals surface area contributed by atoms with E-state index in [4.69, 9.17) is 0 Å². The molecule has 0 amide bonds. The van der Waals surface area contributed by atoms with Crippen molar-refractivity contribution in [3.63, 3.8) is 0 Å². The van der Waals surface area contributed by atoms with Crippen molar-refractivity contribution in [2.45, 2.75) is 13.3 Å². The Hall–Kier alpha value is -1.22. The molecule has 3 heteroatoms. The predicted octanol–water partition coefficient (Wildman–Crippen LogP) is 1.87. The van der Waals surface area contributed by atoms with Crippen LogP contribution in [0.1, 0.15) is 12.5 Å². The van der Waals surface area contributed by atoms with Crippen LogP contribution in [0.4, 0.5) is 11.4 Å². The molecule has 0 aromatic heterocycles. The number of aryl methyl sites for hydroxylation is 1. The van der Waals surface area contributed by atoms with Gasteiger partial charge in [0, 0.05) is 14.1 Å². The smallest absolute Gasteiger partial charge is 0.0784 e. The Labute approximate surface area is 78.9 Å².